The van der Waals surface area contributed by atoms with Gasteiger partial charge in [0.15, 0.2) is 6.10 Å². The molecular weight excluding hydrogens is 465 g/mol. The predicted molar refractivity (Wildman–Crippen MR) is 133 cm³/mol. The lowest BCUT2D eigenvalue weighted by molar-refractivity contribution is 0.0504. The van der Waals surface area contributed by atoms with Crippen molar-refractivity contribution in [1.82, 2.24) is 0 Å². The Bertz CT molecular complexity index is 1150. The number of primary amides is 1. The van der Waals surface area contributed by atoms with Crippen molar-refractivity contribution in [2.45, 2.75) is 38.8 Å². The van der Waals surface area contributed by atoms with Gasteiger partial charge in [0.25, 0.3) is 0 Å². The van der Waals surface area contributed by atoms with E-state index < -0.39 is 29.7 Å². The van der Waals surface area contributed by atoms with Crippen molar-refractivity contribution in [3.8, 4) is 5.75 Å². The Labute approximate surface area is 210 Å². The largest absolute Gasteiger partial charge is 0.497 e. The van der Waals surface area contributed by atoms with Gasteiger partial charge in [0.05, 0.1) is 18.8 Å². The third-order valence-corrected chi connectivity index (χ3v) is 7.61. The highest BCUT2D eigenvalue weighted by Gasteiger charge is 2.57. The van der Waals surface area contributed by atoms with Gasteiger partial charge in [-0.15, -0.1) is 0 Å². The molecule has 1 aliphatic carbocycles. The highest BCUT2D eigenvalue weighted by Crippen LogP contribution is 2.59. The highest BCUT2D eigenvalue weighted by atomic mass is 19.1. The van der Waals surface area contributed by atoms with Crippen LogP contribution in [0.15, 0.2) is 42.5 Å². The Morgan fingerprint density at radius 2 is 1.75 bits per heavy atom. The summed E-state index contributed by atoms with van der Waals surface area (Å²) in [6.45, 7) is 7.47. The minimum Gasteiger partial charge on any atom is -0.497 e. The fourth-order valence-corrected chi connectivity index (χ4v) is 5.96. The second kappa shape index (κ2) is 8.87. The van der Waals surface area contributed by atoms with Crippen molar-refractivity contribution in [2.75, 3.05) is 36.6 Å². The Morgan fingerprint density at radius 3 is 2.31 bits per heavy atom. The van der Waals surface area contributed by atoms with Crippen LogP contribution < -0.4 is 20.3 Å². The average molecular weight is 498 g/mol. The summed E-state index contributed by atoms with van der Waals surface area (Å²) >= 11 is 0. The molecule has 192 valence electrons. The van der Waals surface area contributed by atoms with E-state index in [1.807, 2.05) is 32.9 Å². The van der Waals surface area contributed by atoms with Gasteiger partial charge in [0.2, 0.25) is 0 Å². The summed E-state index contributed by atoms with van der Waals surface area (Å²) in [5.41, 5.74) is 6.93. The summed E-state index contributed by atoms with van der Waals surface area (Å²) in [7, 11) is 1.65. The normalized spacial score (nSPS) is 27.0. The fraction of sp³-hybridized carbons (Fsp3) is 0.481. The first-order valence-corrected chi connectivity index (χ1v) is 12.2. The number of fused-ring (bicyclic) bond motifs is 1. The maximum absolute atomic E-state index is 15.4. The van der Waals surface area contributed by atoms with Gasteiger partial charge < -0.3 is 24.8 Å². The van der Waals surface area contributed by atoms with Crippen molar-refractivity contribution in [3.63, 3.8) is 0 Å². The van der Waals surface area contributed by atoms with Crippen molar-refractivity contribution in [1.29, 1.82) is 0 Å². The smallest absolute Gasteiger partial charge is 0.415 e. The summed E-state index contributed by atoms with van der Waals surface area (Å²) in [4.78, 5) is 27.7. The Kier molecular flexibility index (Phi) is 5.97. The van der Waals surface area contributed by atoms with Gasteiger partial charge in [-0.05, 0) is 65.1 Å². The molecule has 8 nitrogen and oxygen atoms in total. The number of benzene rings is 2. The number of amides is 2. The lowest BCUT2D eigenvalue weighted by Gasteiger charge is -2.35. The molecule has 2 aliphatic heterocycles. The van der Waals surface area contributed by atoms with Gasteiger partial charge in [-0.25, -0.2) is 14.0 Å². The van der Waals surface area contributed by atoms with E-state index >= 15 is 4.39 Å². The van der Waals surface area contributed by atoms with E-state index in [1.54, 1.807) is 19.2 Å². The molecule has 36 heavy (non-hydrogen) atoms. The third kappa shape index (κ3) is 4.31. The van der Waals surface area contributed by atoms with Crippen LogP contribution in [0.5, 0.6) is 5.75 Å². The molecule has 3 fully saturated rings. The summed E-state index contributed by atoms with van der Waals surface area (Å²) in [6.07, 6.45) is -2.24. The molecule has 2 amide bonds. The van der Waals surface area contributed by atoms with Crippen LogP contribution in [-0.2, 0) is 9.47 Å². The standard InChI is InChI=1S/C27H32FN3O5/c1-27(2,3)24-22(14-35-25(29)32)36-26(33)31(24)16-7-10-18(21(28)11-16)23-19-12-30(13-20(19)23)15-5-8-17(34-4)9-6-15/h5-11,19-20,22-24H,12-14H2,1-4H3,(H2,29,32)/t19-,20+,22-,23?,24?/m1/s1. The maximum Gasteiger partial charge on any atom is 0.415 e. The van der Waals surface area contributed by atoms with Crippen molar-refractivity contribution in [3.05, 3.63) is 53.8 Å². The molecule has 9 heteroatoms. The van der Waals surface area contributed by atoms with Crippen molar-refractivity contribution in [2.24, 2.45) is 23.0 Å². The van der Waals surface area contributed by atoms with E-state index in [0.29, 0.717) is 23.1 Å². The second-order valence-corrected chi connectivity index (χ2v) is 10.9. The van der Waals surface area contributed by atoms with Gasteiger partial charge in [-0.1, -0.05) is 26.8 Å². The van der Waals surface area contributed by atoms with Crippen LogP contribution in [0.1, 0.15) is 32.3 Å². The first-order valence-electron chi connectivity index (χ1n) is 12.2. The number of anilines is 2. The molecule has 0 spiro atoms. The molecule has 5 rings (SSSR count). The van der Waals surface area contributed by atoms with Gasteiger partial charge in [-0.3, -0.25) is 4.90 Å². The molecule has 2 N–H and O–H groups in total. The number of piperidine rings is 1. The minimum atomic E-state index is -0.937. The molecule has 2 unspecified atom stereocenters. The van der Waals surface area contributed by atoms with Gasteiger partial charge in [0, 0.05) is 18.8 Å². The van der Waals surface area contributed by atoms with Gasteiger partial charge in [0.1, 0.15) is 18.2 Å². The van der Waals surface area contributed by atoms with Crippen LogP contribution in [0, 0.1) is 23.1 Å². The SMILES string of the molecule is COc1ccc(N2C[C@@H]3C(c4ccc(N5C(=O)O[C@H](COC(N)=O)C5C(C)(C)C)cc4F)[C@@H]3C2)cc1. The number of nitrogens with two attached hydrogens (primary N) is 1. The lowest BCUT2D eigenvalue weighted by Crippen LogP contribution is -2.47. The monoisotopic (exact) mass is 497 g/mol. The quantitative estimate of drug-likeness (QED) is 0.631. The molecule has 1 saturated carbocycles. The number of cyclic esters (lactones) is 1. The molecule has 0 radical (unpaired) electrons. The molecule has 5 atom stereocenters. The molecule has 2 aromatic rings. The number of nitrogens with zero attached hydrogens (tertiary/aromatic N) is 2. The number of ether oxygens (including phenoxy) is 3. The van der Waals surface area contributed by atoms with Crippen LogP contribution in [0.3, 0.4) is 0 Å². The Hall–Kier alpha value is -3.49. The first-order chi connectivity index (χ1) is 17.1. The topological polar surface area (TPSA) is 94.3 Å². The molecule has 0 bridgehead atoms. The zero-order chi connectivity index (χ0) is 25.8. The fourth-order valence-electron chi connectivity index (χ4n) is 5.96. The number of carbonyl (C=O) groups is 2. The van der Waals surface area contributed by atoms with Crippen LogP contribution >= 0.6 is 0 Å². The highest BCUT2D eigenvalue weighted by molar-refractivity contribution is 5.91. The number of rotatable bonds is 6. The summed E-state index contributed by atoms with van der Waals surface area (Å²) in [6, 6.07) is 12.5. The number of carbonyl (C=O) groups excluding carboxylic acids is 2. The van der Waals surface area contributed by atoms with Gasteiger partial charge in [-0.2, -0.15) is 0 Å². The van der Waals surface area contributed by atoms with E-state index in [-0.39, 0.29) is 18.3 Å². The Morgan fingerprint density at radius 1 is 1.11 bits per heavy atom. The summed E-state index contributed by atoms with van der Waals surface area (Å²) < 4.78 is 31.1. The third-order valence-electron chi connectivity index (χ3n) is 7.61. The zero-order valence-electron chi connectivity index (χ0n) is 20.9. The molecule has 2 aromatic carbocycles. The molecule has 0 aromatic heterocycles. The predicted octanol–water partition coefficient (Wildman–Crippen LogP) is 4.52. The van der Waals surface area contributed by atoms with Crippen molar-refractivity contribution < 1.29 is 28.2 Å². The molecule has 2 heterocycles. The average Bonchev–Trinajstić information content (AvgIpc) is 3.15. The minimum absolute atomic E-state index is 0.157. The lowest BCUT2D eigenvalue weighted by atomic mass is 9.82. The number of hydrogen-bond donors (Lipinski definition) is 1. The van der Waals surface area contributed by atoms with E-state index in [2.05, 4.69) is 17.0 Å². The van der Waals surface area contributed by atoms with Crippen LogP contribution in [0.25, 0.3) is 0 Å². The zero-order valence-corrected chi connectivity index (χ0v) is 20.9. The number of hydrogen-bond acceptors (Lipinski definition) is 6. The maximum atomic E-state index is 15.4. The van der Waals surface area contributed by atoms with E-state index in [9.17, 15) is 9.59 Å². The van der Waals surface area contributed by atoms with Crippen molar-refractivity contribution >= 4 is 23.6 Å². The molecule has 2 saturated heterocycles. The van der Waals surface area contributed by atoms with E-state index in [4.69, 9.17) is 19.9 Å². The second-order valence-electron chi connectivity index (χ2n) is 10.9. The number of halogens is 1. The van der Waals surface area contributed by atoms with E-state index in [1.165, 1.54) is 11.0 Å². The van der Waals surface area contributed by atoms with Crippen LogP contribution in [0.4, 0.5) is 25.4 Å². The van der Waals surface area contributed by atoms with Crippen LogP contribution in [0.2, 0.25) is 0 Å². The Balaban J connectivity index is 1.30. The van der Waals surface area contributed by atoms with Gasteiger partial charge >= 0.3 is 12.2 Å². The first kappa shape index (κ1) is 24.2. The van der Waals surface area contributed by atoms with E-state index in [0.717, 1.165) is 24.5 Å². The summed E-state index contributed by atoms with van der Waals surface area (Å²) in [5, 5.41) is 0. The summed E-state index contributed by atoms with van der Waals surface area (Å²) in [5.74, 6) is 1.49. The molecule has 3 aliphatic rings. The van der Waals surface area contributed by atoms with Crippen LogP contribution in [-0.4, -0.2) is 51.1 Å². The number of methoxy groups -OCH3 is 1. The molecular formula is C27H32FN3O5.